The predicted molar refractivity (Wildman–Crippen MR) is 117 cm³/mol. The van der Waals surface area contributed by atoms with Crippen LogP contribution in [0, 0.1) is 6.92 Å². The quantitative estimate of drug-likeness (QED) is 0.590. The van der Waals surface area contributed by atoms with E-state index >= 15 is 0 Å². The lowest BCUT2D eigenvalue weighted by molar-refractivity contribution is -0.128. The van der Waals surface area contributed by atoms with Crippen LogP contribution in [0.4, 0.5) is 10.5 Å². The molecule has 2 aromatic carbocycles. The lowest BCUT2D eigenvalue weighted by Crippen LogP contribution is -2.28. The minimum Gasteiger partial charge on any atom is -0.495 e. The van der Waals surface area contributed by atoms with Crippen molar-refractivity contribution in [2.75, 3.05) is 19.0 Å². The van der Waals surface area contributed by atoms with Crippen molar-refractivity contribution in [1.29, 1.82) is 0 Å². The highest BCUT2D eigenvalue weighted by Gasteiger charge is 2.33. The molecule has 0 radical (unpaired) electrons. The number of carbonyl (C=O) groups is 2. The summed E-state index contributed by atoms with van der Waals surface area (Å²) >= 11 is 0. The van der Waals surface area contributed by atoms with E-state index in [2.05, 4.69) is 20.8 Å². The van der Waals surface area contributed by atoms with Gasteiger partial charge in [-0.25, -0.2) is 4.79 Å². The van der Waals surface area contributed by atoms with E-state index in [1.807, 2.05) is 49.4 Å². The summed E-state index contributed by atoms with van der Waals surface area (Å²) in [4.78, 5) is 30.8. The molecule has 9 nitrogen and oxygen atoms in total. The van der Waals surface area contributed by atoms with Crippen molar-refractivity contribution in [2.24, 2.45) is 0 Å². The number of urea groups is 1. The second-order valence-electron chi connectivity index (χ2n) is 7.72. The first-order valence-corrected chi connectivity index (χ1v) is 10.4. The highest BCUT2D eigenvalue weighted by molar-refractivity contribution is 5.91. The SMILES string of the molecule is COc1ccc(C)cc1NC(=O)NCc1nc([C@H]2CC(=O)N(Cc3ccccc3)C2)no1. The molecular weight excluding hydrogens is 410 g/mol. The Bertz CT molecular complexity index is 1100. The van der Waals surface area contributed by atoms with Crippen molar-refractivity contribution in [1.82, 2.24) is 20.4 Å². The fourth-order valence-electron chi connectivity index (χ4n) is 3.65. The number of aryl methyl sites for hydroxylation is 1. The zero-order valence-electron chi connectivity index (χ0n) is 18.0. The minimum absolute atomic E-state index is 0.0646. The largest absolute Gasteiger partial charge is 0.495 e. The van der Waals surface area contributed by atoms with Gasteiger partial charge in [0.1, 0.15) is 5.75 Å². The number of benzene rings is 2. The Hall–Kier alpha value is -3.88. The maximum absolute atomic E-state index is 12.4. The van der Waals surface area contributed by atoms with Gasteiger partial charge in [0.25, 0.3) is 0 Å². The van der Waals surface area contributed by atoms with Crippen LogP contribution < -0.4 is 15.4 Å². The summed E-state index contributed by atoms with van der Waals surface area (Å²) in [5, 5.41) is 9.46. The summed E-state index contributed by atoms with van der Waals surface area (Å²) in [6.07, 6.45) is 0.340. The molecule has 1 aliphatic rings. The first kappa shape index (κ1) is 21.4. The zero-order chi connectivity index (χ0) is 22.5. The number of nitrogens with zero attached hydrogens (tertiary/aromatic N) is 3. The van der Waals surface area contributed by atoms with E-state index in [-0.39, 0.29) is 24.3 Å². The predicted octanol–water partition coefficient (Wildman–Crippen LogP) is 3.22. The van der Waals surface area contributed by atoms with Gasteiger partial charge in [0.2, 0.25) is 11.8 Å². The average molecular weight is 435 g/mol. The normalized spacial score (nSPS) is 15.6. The molecule has 1 aromatic heterocycles. The molecule has 1 aliphatic heterocycles. The molecule has 32 heavy (non-hydrogen) atoms. The molecule has 166 valence electrons. The molecule has 3 amide bonds. The van der Waals surface area contributed by atoms with Crippen LogP contribution in [-0.4, -0.2) is 40.6 Å². The summed E-state index contributed by atoms with van der Waals surface area (Å²) in [5.74, 6) is 1.26. The van der Waals surface area contributed by atoms with E-state index in [9.17, 15) is 9.59 Å². The number of hydrogen-bond donors (Lipinski definition) is 2. The Kier molecular flexibility index (Phi) is 6.34. The number of likely N-dealkylation sites (tertiary alicyclic amines) is 1. The van der Waals surface area contributed by atoms with Crippen LogP contribution in [0.2, 0.25) is 0 Å². The van der Waals surface area contributed by atoms with Crippen LogP contribution in [0.5, 0.6) is 5.75 Å². The third-order valence-corrected chi connectivity index (χ3v) is 5.28. The number of hydrogen-bond acceptors (Lipinski definition) is 6. The van der Waals surface area contributed by atoms with Crippen molar-refractivity contribution in [3.63, 3.8) is 0 Å². The molecule has 2 N–H and O–H groups in total. The monoisotopic (exact) mass is 435 g/mol. The van der Waals surface area contributed by atoms with E-state index in [4.69, 9.17) is 9.26 Å². The van der Waals surface area contributed by atoms with Gasteiger partial charge in [0.15, 0.2) is 5.82 Å². The van der Waals surface area contributed by atoms with Gasteiger partial charge in [-0.3, -0.25) is 4.79 Å². The van der Waals surface area contributed by atoms with Gasteiger partial charge in [-0.2, -0.15) is 4.98 Å². The number of nitrogens with one attached hydrogen (secondary N) is 2. The summed E-state index contributed by atoms with van der Waals surface area (Å²) in [6, 6.07) is 14.9. The average Bonchev–Trinajstić information content (AvgIpc) is 3.40. The lowest BCUT2D eigenvalue weighted by Gasteiger charge is -2.15. The molecule has 0 bridgehead atoms. The first-order chi connectivity index (χ1) is 15.5. The third-order valence-electron chi connectivity index (χ3n) is 5.28. The Morgan fingerprint density at radius 3 is 2.84 bits per heavy atom. The molecular formula is C23H25N5O4. The van der Waals surface area contributed by atoms with Crippen molar-refractivity contribution in [3.8, 4) is 5.75 Å². The maximum atomic E-state index is 12.4. The minimum atomic E-state index is -0.418. The van der Waals surface area contributed by atoms with Crippen LogP contribution in [0.3, 0.4) is 0 Å². The van der Waals surface area contributed by atoms with Crippen molar-refractivity contribution in [3.05, 3.63) is 71.4 Å². The highest BCUT2D eigenvalue weighted by Crippen LogP contribution is 2.28. The van der Waals surface area contributed by atoms with Gasteiger partial charge < -0.3 is 24.8 Å². The van der Waals surface area contributed by atoms with E-state index in [0.717, 1.165) is 11.1 Å². The molecule has 1 saturated heterocycles. The van der Waals surface area contributed by atoms with Crippen molar-refractivity contribution >= 4 is 17.6 Å². The number of carbonyl (C=O) groups excluding carboxylic acids is 2. The topological polar surface area (TPSA) is 110 Å². The maximum Gasteiger partial charge on any atom is 0.319 e. The van der Waals surface area contributed by atoms with Crippen molar-refractivity contribution in [2.45, 2.75) is 32.4 Å². The summed E-state index contributed by atoms with van der Waals surface area (Å²) in [7, 11) is 1.54. The second-order valence-corrected chi connectivity index (χ2v) is 7.72. The number of amides is 3. The number of anilines is 1. The Morgan fingerprint density at radius 2 is 2.06 bits per heavy atom. The number of ether oxygens (including phenoxy) is 1. The zero-order valence-corrected chi connectivity index (χ0v) is 18.0. The number of methoxy groups -OCH3 is 1. The van der Waals surface area contributed by atoms with Crippen LogP contribution in [-0.2, 0) is 17.9 Å². The summed E-state index contributed by atoms with van der Waals surface area (Å²) in [6.45, 7) is 3.09. The van der Waals surface area contributed by atoms with Gasteiger partial charge >= 0.3 is 6.03 Å². The molecule has 9 heteroatoms. The van der Waals surface area contributed by atoms with Crippen LogP contribution >= 0.6 is 0 Å². The lowest BCUT2D eigenvalue weighted by atomic mass is 10.1. The van der Waals surface area contributed by atoms with Crippen LogP contribution in [0.25, 0.3) is 0 Å². The van der Waals surface area contributed by atoms with Gasteiger partial charge in [0, 0.05) is 25.4 Å². The Balaban J connectivity index is 1.31. The molecule has 2 heterocycles. The van der Waals surface area contributed by atoms with Crippen LogP contribution in [0.15, 0.2) is 53.1 Å². The Labute approximate surface area is 185 Å². The molecule has 0 saturated carbocycles. The second kappa shape index (κ2) is 9.51. The van der Waals surface area contributed by atoms with Gasteiger partial charge in [-0.1, -0.05) is 41.6 Å². The fraction of sp³-hybridized carbons (Fsp3) is 0.304. The number of aromatic nitrogens is 2. The summed E-state index contributed by atoms with van der Waals surface area (Å²) < 4.78 is 10.5. The molecule has 3 aromatic rings. The van der Waals surface area contributed by atoms with Gasteiger partial charge in [-0.05, 0) is 30.2 Å². The molecule has 0 aliphatic carbocycles. The molecule has 4 rings (SSSR count). The molecule has 1 atom stereocenters. The molecule has 0 unspecified atom stereocenters. The van der Waals surface area contributed by atoms with Crippen LogP contribution in [0.1, 0.15) is 35.2 Å². The highest BCUT2D eigenvalue weighted by atomic mass is 16.5. The smallest absolute Gasteiger partial charge is 0.319 e. The summed E-state index contributed by atoms with van der Waals surface area (Å²) in [5.41, 5.74) is 2.64. The van der Waals surface area contributed by atoms with Crippen molar-refractivity contribution < 1.29 is 18.8 Å². The number of rotatable bonds is 7. The third kappa shape index (κ3) is 5.05. The van der Waals surface area contributed by atoms with Gasteiger partial charge in [-0.15, -0.1) is 0 Å². The molecule has 0 spiro atoms. The fourth-order valence-corrected chi connectivity index (χ4v) is 3.65. The van der Waals surface area contributed by atoms with E-state index in [1.165, 1.54) is 0 Å². The Morgan fingerprint density at radius 1 is 1.25 bits per heavy atom. The van der Waals surface area contributed by atoms with E-state index < -0.39 is 6.03 Å². The standard InChI is InChI=1S/C23H25N5O4/c1-15-8-9-19(31-2)18(10-15)25-23(30)24-12-20-26-22(27-32-20)17-11-21(29)28(14-17)13-16-6-4-3-5-7-16/h3-10,17H,11-14H2,1-2H3,(H2,24,25,30)/t17-/m0/s1. The van der Waals surface area contributed by atoms with E-state index in [0.29, 0.717) is 36.8 Å². The first-order valence-electron chi connectivity index (χ1n) is 10.4. The van der Waals surface area contributed by atoms with E-state index in [1.54, 1.807) is 18.1 Å². The molecule has 1 fully saturated rings. The van der Waals surface area contributed by atoms with Gasteiger partial charge in [0.05, 0.1) is 19.3 Å².